The number of nitrogens with one attached hydrogen (secondary N) is 2. The lowest BCUT2D eigenvalue weighted by molar-refractivity contribution is -0.120. The second-order valence-corrected chi connectivity index (χ2v) is 7.95. The van der Waals surface area contributed by atoms with Gasteiger partial charge in [-0.15, -0.1) is 5.10 Å². The Labute approximate surface area is 176 Å². The number of nitrogens with zero attached hydrogens (tertiary/aromatic N) is 3. The Kier molecular flexibility index (Phi) is 5.62. The molecule has 0 bridgehead atoms. The maximum atomic E-state index is 12.3. The third kappa shape index (κ3) is 4.11. The Hall–Kier alpha value is -3.46. The van der Waals surface area contributed by atoms with Crippen LogP contribution >= 0.6 is 11.3 Å². The van der Waals surface area contributed by atoms with E-state index in [1.807, 2.05) is 35.9 Å². The zero-order valence-electron chi connectivity index (χ0n) is 16.4. The van der Waals surface area contributed by atoms with Crippen LogP contribution in [0.3, 0.4) is 0 Å². The number of amides is 3. The molecular formula is C21H21N5O3S. The molecule has 30 heavy (non-hydrogen) atoms. The summed E-state index contributed by atoms with van der Waals surface area (Å²) in [5.41, 5.74) is 4.71. The molecule has 1 aliphatic rings. The van der Waals surface area contributed by atoms with Crippen molar-refractivity contribution in [3.8, 4) is 0 Å². The Bertz CT molecular complexity index is 1180. The van der Waals surface area contributed by atoms with E-state index in [-0.39, 0.29) is 18.4 Å². The second-order valence-electron chi connectivity index (χ2n) is 6.94. The fraction of sp³-hybridized carbons (Fsp3) is 0.238. The number of carbonyl (C=O) groups is 3. The number of fused-ring (bicyclic) bond motifs is 1. The normalized spacial score (nSPS) is 14.4. The second kappa shape index (κ2) is 8.50. The number of hydrogen-bond acceptors (Lipinski definition) is 5. The summed E-state index contributed by atoms with van der Waals surface area (Å²) < 4.78 is 2.96. The van der Waals surface area contributed by atoms with E-state index in [4.69, 9.17) is 0 Å². The smallest absolute Gasteiger partial charge is 0.259 e. The first kappa shape index (κ1) is 19.8. The monoisotopic (exact) mass is 423 g/mol. The standard InChI is InChI=1S/C21H21N5O3S/c1-25-16-5-2-3-6-17(16)30-21(25)24-23-18(27)13-22-20(29)14-8-10-15(11-9-14)26-12-4-7-19(26)28/h2-3,5-6,8-11H,4,7,12-13H2,1H3,(H,22,29)(H,23,27)/b24-21-. The quantitative estimate of drug-likeness (QED) is 0.612. The molecule has 154 valence electrons. The van der Waals surface area contributed by atoms with Crippen molar-refractivity contribution in [1.82, 2.24) is 15.3 Å². The van der Waals surface area contributed by atoms with Gasteiger partial charge in [-0.3, -0.25) is 14.4 Å². The number of hydrogen-bond donors (Lipinski definition) is 2. The highest BCUT2D eigenvalue weighted by molar-refractivity contribution is 7.16. The molecule has 4 rings (SSSR count). The first-order valence-corrected chi connectivity index (χ1v) is 10.4. The van der Waals surface area contributed by atoms with Gasteiger partial charge in [0.15, 0.2) is 0 Å². The molecule has 0 saturated carbocycles. The summed E-state index contributed by atoms with van der Waals surface area (Å²) in [6, 6.07) is 14.7. The molecule has 8 nitrogen and oxygen atoms in total. The van der Waals surface area contributed by atoms with E-state index < -0.39 is 5.91 Å². The molecule has 0 aliphatic carbocycles. The van der Waals surface area contributed by atoms with E-state index in [9.17, 15) is 14.4 Å². The minimum atomic E-state index is -0.417. The van der Waals surface area contributed by atoms with Gasteiger partial charge in [0.1, 0.15) is 0 Å². The van der Waals surface area contributed by atoms with E-state index in [0.29, 0.717) is 23.3 Å². The molecular weight excluding hydrogens is 402 g/mol. The van der Waals surface area contributed by atoms with Crippen LogP contribution in [0, 0.1) is 0 Å². The molecule has 1 saturated heterocycles. The maximum absolute atomic E-state index is 12.3. The average Bonchev–Trinajstić information content (AvgIpc) is 3.34. The number of para-hydroxylation sites is 1. The topological polar surface area (TPSA) is 95.8 Å². The molecule has 1 aromatic heterocycles. The van der Waals surface area contributed by atoms with Crippen molar-refractivity contribution >= 4 is 45.0 Å². The summed E-state index contributed by atoms with van der Waals surface area (Å²) in [4.78, 5) is 38.5. The van der Waals surface area contributed by atoms with E-state index >= 15 is 0 Å². The molecule has 2 heterocycles. The zero-order valence-corrected chi connectivity index (χ0v) is 17.2. The number of aryl methyl sites for hydroxylation is 1. The van der Waals surface area contributed by atoms with Crippen LogP contribution in [-0.4, -0.2) is 35.4 Å². The summed E-state index contributed by atoms with van der Waals surface area (Å²) in [5, 5.41) is 6.73. The van der Waals surface area contributed by atoms with Gasteiger partial charge in [-0.05, 0) is 42.8 Å². The largest absolute Gasteiger partial charge is 0.343 e. The molecule has 2 aromatic carbocycles. The molecule has 9 heteroatoms. The van der Waals surface area contributed by atoms with Crippen LogP contribution in [-0.2, 0) is 16.6 Å². The third-order valence-corrected chi connectivity index (χ3v) is 6.03. The van der Waals surface area contributed by atoms with Gasteiger partial charge in [-0.1, -0.05) is 23.5 Å². The van der Waals surface area contributed by atoms with Crippen molar-refractivity contribution in [2.75, 3.05) is 18.0 Å². The average molecular weight is 423 g/mol. The summed E-state index contributed by atoms with van der Waals surface area (Å²) in [5.74, 6) is -0.684. The van der Waals surface area contributed by atoms with Crippen molar-refractivity contribution in [3.63, 3.8) is 0 Å². The SMILES string of the molecule is Cn1/c(=N/NC(=O)CNC(=O)c2ccc(N3CCCC3=O)cc2)sc2ccccc21. The third-order valence-electron chi connectivity index (χ3n) is 4.92. The van der Waals surface area contributed by atoms with Crippen LogP contribution in [0.25, 0.3) is 10.2 Å². The number of carbonyl (C=O) groups excluding carboxylic acids is 3. The fourth-order valence-electron chi connectivity index (χ4n) is 3.31. The number of benzene rings is 2. The molecule has 0 radical (unpaired) electrons. The molecule has 0 unspecified atom stereocenters. The zero-order chi connectivity index (χ0) is 21.1. The van der Waals surface area contributed by atoms with Gasteiger partial charge in [-0.25, -0.2) is 5.43 Å². The first-order valence-electron chi connectivity index (χ1n) is 9.59. The van der Waals surface area contributed by atoms with Crippen LogP contribution in [0.2, 0.25) is 0 Å². The molecule has 1 aliphatic heterocycles. The molecule has 0 atom stereocenters. The Morgan fingerprint density at radius 2 is 1.90 bits per heavy atom. The Morgan fingerprint density at radius 1 is 1.13 bits per heavy atom. The number of rotatable bonds is 5. The lowest BCUT2D eigenvalue weighted by atomic mass is 10.2. The highest BCUT2D eigenvalue weighted by Gasteiger charge is 2.21. The van der Waals surface area contributed by atoms with Gasteiger partial charge < -0.3 is 14.8 Å². The van der Waals surface area contributed by atoms with Gasteiger partial charge >= 0.3 is 0 Å². The summed E-state index contributed by atoms with van der Waals surface area (Å²) in [7, 11) is 1.88. The highest BCUT2D eigenvalue weighted by atomic mass is 32.1. The maximum Gasteiger partial charge on any atom is 0.259 e. The Morgan fingerprint density at radius 3 is 2.60 bits per heavy atom. The van der Waals surface area contributed by atoms with Crippen molar-refractivity contribution in [1.29, 1.82) is 0 Å². The van der Waals surface area contributed by atoms with Crippen molar-refractivity contribution in [2.24, 2.45) is 12.1 Å². The predicted molar refractivity (Wildman–Crippen MR) is 115 cm³/mol. The number of thiazole rings is 1. The summed E-state index contributed by atoms with van der Waals surface area (Å²) in [6.45, 7) is 0.509. The lowest BCUT2D eigenvalue weighted by Crippen LogP contribution is -2.36. The molecule has 1 fully saturated rings. The van der Waals surface area contributed by atoms with E-state index in [2.05, 4.69) is 15.8 Å². The van der Waals surface area contributed by atoms with Gasteiger partial charge in [-0.2, -0.15) is 0 Å². The van der Waals surface area contributed by atoms with Crippen LogP contribution in [0.4, 0.5) is 5.69 Å². The van der Waals surface area contributed by atoms with Crippen LogP contribution in [0.5, 0.6) is 0 Å². The van der Waals surface area contributed by atoms with Gasteiger partial charge in [0.25, 0.3) is 11.8 Å². The van der Waals surface area contributed by atoms with Crippen LogP contribution in [0.1, 0.15) is 23.2 Å². The van der Waals surface area contributed by atoms with Gasteiger partial charge in [0.05, 0.1) is 16.8 Å². The number of anilines is 1. The van der Waals surface area contributed by atoms with Crippen LogP contribution < -0.4 is 20.4 Å². The molecule has 0 spiro atoms. The van der Waals surface area contributed by atoms with Crippen molar-refractivity contribution < 1.29 is 14.4 Å². The lowest BCUT2D eigenvalue weighted by Gasteiger charge is -2.15. The summed E-state index contributed by atoms with van der Waals surface area (Å²) >= 11 is 1.47. The molecule has 3 aromatic rings. The molecule has 2 N–H and O–H groups in total. The minimum absolute atomic E-state index is 0.0969. The van der Waals surface area contributed by atoms with Gasteiger partial charge in [0.2, 0.25) is 10.7 Å². The van der Waals surface area contributed by atoms with E-state index in [0.717, 1.165) is 22.3 Å². The molecule has 3 amide bonds. The Balaban J connectivity index is 1.33. The van der Waals surface area contributed by atoms with E-state index in [1.54, 1.807) is 29.2 Å². The summed E-state index contributed by atoms with van der Waals surface area (Å²) in [6.07, 6.45) is 1.41. The highest BCUT2D eigenvalue weighted by Crippen LogP contribution is 2.21. The van der Waals surface area contributed by atoms with Crippen molar-refractivity contribution in [2.45, 2.75) is 12.8 Å². The van der Waals surface area contributed by atoms with Crippen molar-refractivity contribution in [3.05, 3.63) is 58.9 Å². The number of aromatic nitrogens is 1. The fourth-order valence-corrected chi connectivity index (χ4v) is 4.29. The minimum Gasteiger partial charge on any atom is -0.343 e. The van der Waals surface area contributed by atoms with E-state index in [1.165, 1.54) is 11.3 Å². The van der Waals surface area contributed by atoms with Gasteiger partial charge in [0, 0.05) is 31.3 Å². The predicted octanol–water partition coefficient (Wildman–Crippen LogP) is 1.73. The first-order chi connectivity index (χ1) is 14.5. The van der Waals surface area contributed by atoms with Crippen LogP contribution in [0.15, 0.2) is 53.6 Å².